The minimum atomic E-state index is -0.295. The molecule has 0 atom stereocenters. The Labute approximate surface area is 106 Å². The summed E-state index contributed by atoms with van der Waals surface area (Å²) in [6, 6.07) is 9.28. The molecule has 0 unspecified atom stereocenters. The van der Waals surface area contributed by atoms with Crippen molar-refractivity contribution in [2.24, 2.45) is 0 Å². The molecule has 2 aromatic rings. The molecule has 0 aliphatic carbocycles. The third kappa shape index (κ3) is 2.42. The molecule has 18 heavy (non-hydrogen) atoms. The monoisotopic (exact) mass is 244 g/mol. The smallest absolute Gasteiger partial charge is 0.338 e. The van der Waals surface area contributed by atoms with Crippen LogP contribution in [0.3, 0.4) is 0 Å². The van der Waals surface area contributed by atoms with Crippen LogP contribution in [0.15, 0.2) is 30.3 Å². The van der Waals surface area contributed by atoms with Crippen LogP contribution >= 0.6 is 0 Å². The van der Waals surface area contributed by atoms with E-state index in [0.717, 1.165) is 16.7 Å². The molecule has 0 spiro atoms. The Bertz CT molecular complexity index is 579. The van der Waals surface area contributed by atoms with Gasteiger partial charge in [0.1, 0.15) is 5.82 Å². The predicted octanol–water partition coefficient (Wildman–Crippen LogP) is 2.48. The SMILES string of the molecule is CCOC(=O)c1ccc2nc(N(C)C)ccc2c1. The molecular weight excluding hydrogens is 228 g/mol. The lowest BCUT2D eigenvalue weighted by atomic mass is 10.1. The van der Waals surface area contributed by atoms with Crippen molar-refractivity contribution < 1.29 is 9.53 Å². The number of benzene rings is 1. The van der Waals surface area contributed by atoms with E-state index in [0.29, 0.717) is 12.2 Å². The first-order valence-corrected chi connectivity index (χ1v) is 5.87. The van der Waals surface area contributed by atoms with E-state index in [1.165, 1.54) is 0 Å². The van der Waals surface area contributed by atoms with Gasteiger partial charge in [0.05, 0.1) is 17.7 Å². The van der Waals surface area contributed by atoms with E-state index >= 15 is 0 Å². The van der Waals surface area contributed by atoms with Crippen LogP contribution in [0, 0.1) is 0 Å². The number of rotatable bonds is 3. The second-order valence-electron chi connectivity index (χ2n) is 4.19. The summed E-state index contributed by atoms with van der Waals surface area (Å²) in [5.74, 6) is 0.600. The fourth-order valence-electron chi connectivity index (χ4n) is 1.71. The zero-order valence-electron chi connectivity index (χ0n) is 10.8. The van der Waals surface area contributed by atoms with Crippen molar-refractivity contribution in [2.75, 3.05) is 25.6 Å². The van der Waals surface area contributed by atoms with Gasteiger partial charge in [-0.05, 0) is 37.3 Å². The molecule has 1 aromatic carbocycles. The van der Waals surface area contributed by atoms with Crippen molar-refractivity contribution in [3.8, 4) is 0 Å². The van der Waals surface area contributed by atoms with Crippen molar-refractivity contribution in [1.29, 1.82) is 0 Å². The highest BCUT2D eigenvalue weighted by atomic mass is 16.5. The summed E-state index contributed by atoms with van der Waals surface area (Å²) >= 11 is 0. The number of fused-ring (bicyclic) bond motifs is 1. The van der Waals surface area contributed by atoms with Crippen LogP contribution in [-0.2, 0) is 4.74 Å². The first kappa shape index (κ1) is 12.4. The van der Waals surface area contributed by atoms with Crippen LogP contribution in [-0.4, -0.2) is 31.7 Å². The molecule has 0 fully saturated rings. The highest BCUT2D eigenvalue weighted by Crippen LogP contribution is 2.18. The molecule has 0 bridgehead atoms. The highest BCUT2D eigenvalue weighted by molar-refractivity contribution is 5.94. The molecular formula is C14H16N2O2. The molecule has 4 nitrogen and oxygen atoms in total. The molecule has 0 aliphatic heterocycles. The van der Waals surface area contributed by atoms with Crippen molar-refractivity contribution in [1.82, 2.24) is 4.98 Å². The van der Waals surface area contributed by atoms with Gasteiger partial charge in [-0.15, -0.1) is 0 Å². The molecule has 0 radical (unpaired) electrons. The predicted molar refractivity (Wildman–Crippen MR) is 72.0 cm³/mol. The van der Waals surface area contributed by atoms with Crippen LogP contribution < -0.4 is 4.90 Å². The van der Waals surface area contributed by atoms with E-state index in [9.17, 15) is 4.79 Å². The maximum absolute atomic E-state index is 11.6. The van der Waals surface area contributed by atoms with Gasteiger partial charge in [0.25, 0.3) is 0 Å². The van der Waals surface area contributed by atoms with Gasteiger partial charge in [0, 0.05) is 19.5 Å². The zero-order chi connectivity index (χ0) is 13.1. The average molecular weight is 244 g/mol. The van der Waals surface area contributed by atoms with Crippen LogP contribution in [0.25, 0.3) is 10.9 Å². The van der Waals surface area contributed by atoms with Crippen molar-refractivity contribution >= 4 is 22.7 Å². The molecule has 2 rings (SSSR count). The average Bonchev–Trinajstić information content (AvgIpc) is 2.37. The number of hydrogen-bond donors (Lipinski definition) is 0. The number of ether oxygens (including phenoxy) is 1. The summed E-state index contributed by atoms with van der Waals surface area (Å²) in [6.07, 6.45) is 0. The standard InChI is InChI=1S/C14H16N2O2/c1-4-18-14(17)11-5-7-12-10(9-11)6-8-13(15-12)16(2)3/h5-9H,4H2,1-3H3. The fraction of sp³-hybridized carbons (Fsp3) is 0.286. The normalized spacial score (nSPS) is 10.4. The molecule has 1 aromatic heterocycles. The molecule has 4 heteroatoms. The van der Waals surface area contributed by atoms with Gasteiger partial charge in [-0.1, -0.05) is 0 Å². The molecule has 0 N–H and O–H groups in total. The van der Waals surface area contributed by atoms with Crippen molar-refractivity contribution in [3.05, 3.63) is 35.9 Å². The molecule has 1 heterocycles. The number of hydrogen-bond acceptors (Lipinski definition) is 4. The van der Waals surface area contributed by atoms with E-state index in [1.54, 1.807) is 19.1 Å². The number of carbonyl (C=O) groups is 1. The number of carbonyl (C=O) groups excluding carboxylic acids is 1. The van der Waals surface area contributed by atoms with Crippen molar-refractivity contribution in [2.45, 2.75) is 6.92 Å². The Hall–Kier alpha value is -2.10. The van der Waals surface area contributed by atoms with Crippen LogP contribution in [0.2, 0.25) is 0 Å². The number of pyridine rings is 1. The topological polar surface area (TPSA) is 42.4 Å². The summed E-state index contributed by atoms with van der Waals surface area (Å²) < 4.78 is 4.97. The maximum Gasteiger partial charge on any atom is 0.338 e. The molecule has 0 saturated heterocycles. The Morgan fingerprint density at radius 2 is 2.06 bits per heavy atom. The van der Waals surface area contributed by atoms with E-state index in [-0.39, 0.29) is 5.97 Å². The van der Waals surface area contributed by atoms with E-state index in [1.807, 2.05) is 37.2 Å². The summed E-state index contributed by atoms with van der Waals surface area (Å²) in [7, 11) is 3.89. The number of anilines is 1. The minimum absolute atomic E-state index is 0.295. The van der Waals surface area contributed by atoms with Gasteiger partial charge in [-0.2, -0.15) is 0 Å². The third-order valence-electron chi connectivity index (χ3n) is 2.64. The summed E-state index contributed by atoms with van der Waals surface area (Å²) in [5, 5.41) is 0.936. The first-order valence-electron chi connectivity index (χ1n) is 5.87. The van der Waals surface area contributed by atoms with Crippen LogP contribution in [0.5, 0.6) is 0 Å². The fourth-order valence-corrected chi connectivity index (χ4v) is 1.71. The second-order valence-corrected chi connectivity index (χ2v) is 4.19. The van der Waals surface area contributed by atoms with Crippen LogP contribution in [0.1, 0.15) is 17.3 Å². The summed E-state index contributed by atoms with van der Waals surface area (Å²) in [4.78, 5) is 18.1. The second kappa shape index (κ2) is 5.04. The van der Waals surface area contributed by atoms with E-state index < -0.39 is 0 Å². The number of nitrogens with zero attached hydrogens (tertiary/aromatic N) is 2. The largest absolute Gasteiger partial charge is 0.462 e. The lowest BCUT2D eigenvalue weighted by molar-refractivity contribution is 0.0526. The summed E-state index contributed by atoms with van der Waals surface area (Å²) in [5.41, 5.74) is 1.43. The van der Waals surface area contributed by atoms with Crippen LogP contribution in [0.4, 0.5) is 5.82 Å². The minimum Gasteiger partial charge on any atom is -0.462 e. The third-order valence-corrected chi connectivity index (χ3v) is 2.64. The highest BCUT2D eigenvalue weighted by Gasteiger charge is 2.08. The van der Waals surface area contributed by atoms with Crippen molar-refractivity contribution in [3.63, 3.8) is 0 Å². The first-order chi connectivity index (χ1) is 8.61. The zero-order valence-corrected chi connectivity index (χ0v) is 10.8. The Balaban J connectivity index is 2.41. The number of aromatic nitrogens is 1. The molecule has 0 saturated carbocycles. The Kier molecular flexibility index (Phi) is 3.46. The molecule has 0 amide bonds. The van der Waals surface area contributed by atoms with Gasteiger partial charge < -0.3 is 9.64 Å². The van der Waals surface area contributed by atoms with E-state index in [4.69, 9.17) is 4.74 Å². The Morgan fingerprint density at radius 3 is 2.72 bits per heavy atom. The quantitative estimate of drug-likeness (QED) is 0.778. The van der Waals surface area contributed by atoms with Gasteiger partial charge in [0.2, 0.25) is 0 Å². The van der Waals surface area contributed by atoms with Gasteiger partial charge in [-0.25, -0.2) is 9.78 Å². The Morgan fingerprint density at radius 1 is 1.28 bits per heavy atom. The lowest BCUT2D eigenvalue weighted by Crippen LogP contribution is -2.10. The summed E-state index contributed by atoms with van der Waals surface area (Å²) in [6.45, 7) is 2.18. The number of esters is 1. The van der Waals surface area contributed by atoms with Gasteiger partial charge in [0.15, 0.2) is 0 Å². The van der Waals surface area contributed by atoms with E-state index in [2.05, 4.69) is 4.98 Å². The van der Waals surface area contributed by atoms with Gasteiger partial charge in [-0.3, -0.25) is 0 Å². The molecule has 94 valence electrons. The maximum atomic E-state index is 11.6. The van der Waals surface area contributed by atoms with Gasteiger partial charge >= 0.3 is 5.97 Å². The molecule has 0 aliphatic rings. The lowest BCUT2D eigenvalue weighted by Gasteiger charge is -2.11.